The van der Waals surface area contributed by atoms with E-state index in [-0.39, 0.29) is 5.91 Å². The van der Waals surface area contributed by atoms with Crippen LogP contribution in [0.1, 0.15) is 10.4 Å². The minimum absolute atomic E-state index is 0.179. The van der Waals surface area contributed by atoms with E-state index in [4.69, 9.17) is 9.15 Å². The van der Waals surface area contributed by atoms with Crippen LogP contribution >= 0.6 is 15.9 Å². The molecule has 0 fully saturated rings. The number of nitrogens with zero attached hydrogens (tertiary/aromatic N) is 1. The standard InChI is InChI=1S/C25H17BrN2O3/c1-30-17-11-8-15(9-12-17)25-28-22-14-16(10-13-23(22)31-25)27-24(29)20-6-2-5-19-18(20)4-3-7-21(19)26/h2-14H,1H3,(H,27,29). The molecule has 1 amide bonds. The zero-order valence-corrected chi connectivity index (χ0v) is 18.1. The predicted molar refractivity (Wildman–Crippen MR) is 126 cm³/mol. The highest BCUT2D eigenvalue weighted by atomic mass is 79.9. The Kier molecular flexibility index (Phi) is 4.92. The number of fused-ring (bicyclic) bond motifs is 2. The first-order valence-electron chi connectivity index (χ1n) is 9.66. The second kappa shape index (κ2) is 7.89. The average Bonchev–Trinajstić information content (AvgIpc) is 3.22. The van der Waals surface area contributed by atoms with E-state index in [1.807, 2.05) is 78.9 Å². The number of halogens is 1. The van der Waals surface area contributed by atoms with E-state index in [0.717, 1.165) is 26.6 Å². The Morgan fingerprint density at radius 2 is 1.74 bits per heavy atom. The van der Waals surface area contributed by atoms with Gasteiger partial charge in [-0.25, -0.2) is 4.98 Å². The lowest BCUT2D eigenvalue weighted by molar-refractivity contribution is 0.102. The molecule has 0 aliphatic heterocycles. The molecule has 0 saturated carbocycles. The number of amides is 1. The van der Waals surface area contributed by atoms with E-state index in [0.29, 0.717) is 28.2 Å². The quantitative estimate of drug-likeness (QED) is 0.317. The molecule has 0 bridgehead atoms. The van der Waals surface area contributed by atoms with E-state index in [9.17, 15) is 4.79 Å². The summed E-state index contributed by atoms with van der Waals surface area (Å²) in [6.07, 6.45) is 0. The maximum atomic E-state index is 13.0. The number of methoxy groups -OCH3 is 1. The summed E-state index contributed by atoms with van der Waals surface area (Å²) >= 11 is 3.55. The summed E-state index contributed by atoms with van der Waals surface area (Å²) in [5.74, 6) is 1.10. The lowest BCUT2D eigenvalue weighted by Gasteiger charge is -2.09. The second-order valence-corrected chi connectivity index (χ2v) is 7.88. The average molecular weight is 473 g/mol. The maximum Gasteiger partial charge on any atom is 0.256 e. The van der Waals surface area contributed by atoms with Gasteiger partial charge in [-0.15, -0.1) is 0 Å². The molecule has 0 unspecified atom stereocenters. The van der Waals surface area contributed by atoms with Crippen molar-refractivity contribution in [2.24, 2.45) is 0 Å². The van der Waals surface area contributed by atoms with Crippen molar-refractivity contribution in [3.05, 3.63) is 88.9 Å². The molecular weight excluding hydrogens is 456 g/mol. The third-order valence-corrected chi connectivity index (χ3v) is 5.79. The summed E-state index contributed by atoms with van der Waals surface area (Å²) < 4.78 is 12.0. The molecule has 1 N–H and O–H groups in total. The molecule has 5 rings (SSSR count). The molecule has 0 aliphatic rings. The highest BCUT2D eigenvalue weighted by Gasteiger charge is 2.13. The summed E-state index contributed by atoms with van der Waals surface area (Å²) in [5.41, 5.74) is 3.43. The molecule has 0 atom stereocenters. The number of anilines is 1. The van der Waals surface area contributed by atoms with Gasteiger partial charge in [-0.2, -0.15) is 0 Å². The van der Waals surface area contributed by atoms with Crippen LogP contribution in [0.25, 0.3) is 33.3 Å². The van der Waals surface area contributed by atoms with Crippen LogP contribution in [0.4, 0.5) is 5.69 Å². The highest BCUT2D eigenvalue weighted by molar-refractivity contribution is 9.10. The minimum atomic E-state index is -0.179. The zero-order chi connectivity index (χ0) is 21.4. The summed E-state index contributed by atoms with van der Waals surface area (Å²) in [5, 5.41) is 4.85. The lowest BCUT2D eigenvalue weighted by Crippen LogP contribution is -2.12. The fourth-order valence-electron chi connectivity index (χ4n) is 3.53. The molecule has 6 heteroatoms. The normalized spacial score (nSPS) is 11.0. The number of hydrogen-bond acceptors (Lipinski definition) is 4. The van der Waals surface area contributed by atoms with Gasteiger partial charge in [0, 0.05) is 21.3 Å². The Morgan fingerprint density at radius 1 is 0.968 bits per heavy atom. The summed E-state index contributed by atoms with van der Waals surface area (Å²) in [6.45, 7) is 0. The third kappa shape index (κ3) is 3.66. The topological polar surface area (TPSA) is 64.4 Å². The largest absolute Gasteiger partial charge is 0.497 e. The minimum Gasteiger partial charge on any atom is -0.497 e. The van der Waals surface area contributed by atoms with Gasteiger partial charge < -0.3 is 14.5 Å². The number of carbonyl (C=O) groups is 1. The van der Waals surface area contributed by atoms with Gasteiger partial charge in [-0.3, -0.25) is 4.79 Å². The summed E-state index contributed by atoms with van der Waals surface area (Å²) in [7, 11) is 1.63. The molecular formula is C25H17BrN2O3. The third-order valence-electron chi connectivity index (χ3n) is 5.10. The van der Waals surface area contributed by atoms with E-state index < -0.39 is 0 Å². The van der Waals surface area contributed by atoms with Crippen molar-refractivity contribution in [1.82, 2.24) is 4.98 Å². The number of aromatic nitrogens is 1. The van der Waals surface area contributed by atoms with Gasteiger partial charge in [0.25, 0.3) is 5.91 Å². The van der Waals surface area contributed by atoms with Gasteiger partial charge in [0.2, 0.25) is 5.89 Å². The van der Waals surface area contributed by atoms with Gasteiger partial charge in [-0.05, 0) is 65.4 Å². The Balaban J connectivity index is 1.44. The molecule has 0 radical (unpaired) electrons. The molecule has 4 aromatic carbocycles. The summed E-state index contributed by atoms with van der Waals surface area (Å²) in [6, 6.07) is 24.4. The van der Waals surface area contributed by atoms with Crippen molar-refractivity contribution in [2.75, 3.05) is 12.4 Å². The number of hydrogen-bond donors (Lipinski definition) is 1. The monoisotopic (exact) mass is 472 g/mol. The molecule has 5 aromatic rings. The zero-order valence-electron chi connectivity index (χ0n) is 16.6. The molecule has 0 aliphatic carbocycles. The van der Waals surface area contributed by atoms with Gasteiger partial charge in [-0.1, -0.05) is 40.2 Å². The van der Waals surface area contributed by atoms with E-state index in [1.165, 1.54) is 0 Å². The van der Waals surface area contributed by atoms with Crippen LogP contribution in [0.2, 0.25) is 0 Å². The molecule has 31 heavy (non-hydrogen) atoms. The van der Waals surface area contributed by atoms with Crippen LogP contribution in [0.15, 0.2) is 87.8 Å². The SMILES string of the molecule is COc1ccc(-c2nc3cc(NC(=O)c4cccc5c(Br)cccc45)ccc3o2)cc1. The van der Waals surface area contributed by atoms with Crippen molar-refractivity contribution < 1.29 is 13.9 Å². The maximum absolute atomic E-state index is 13.0. The number of rotatable bonds is 4. The molecule has 152 valence electrons. The number of ether oxygens (including phenoxy) is 1. The number of carbonyl (C=O) groups excluding carboxylic acids is 1. The van der Waals surface area contributed by atoms with E-state index >= 15 is 0 Å². The Bertz CT molecular complexity index is 1420. The van der Waals surface area contributed by atoms with Crippen LogP contribution in [-0.2, 0) is 0 Å². The van der Waals surface area contributed by atoms with Crippen molar-refractivity contribution in [1.29, 1.82) is 0 Å². The van der Waals surface area contributed by atoms with Crippen LogP contribution in [0.5, 0.6) is 5.75 Å². The van der Waals surface area contributed by atoms with Crippen molar-refractivity contribution in [3.8, 4) is 17.2 Å². The first kappa shape index (κ1) is 19.3. The Labute approximate surface area is 186 Å². The molecule has 0 saturated heterocycles. The van der Waals surface area contributed by atoms with Crippen molar-refractivity contribution in [3.63, 3.8) is 0 Å². The fourth-order valence-corrected chi connectivity index (χ4v) is 4.03. The van der Waals surface area contributed by atoms with E-state index in [1.54, 1.807) is 7.11 Å². The molecule has 0 spiro atoms. The fraction of sp³-hybridized carbons (Fsp3) is 0.0400. The van der Waals surface area contributed by atoms with Crippen LogP contribution in [-0.4, -0.2) is 18.0 Å². The second-order valence-electron chi connectivity index (χ2n) is 7.02. The number of benzene rings is 4. The van der Waals surface area contributed by atoms with Gasteiger partial charge in [0.15, 0.2) is 5.58 Å². The molecule has 1 aromatic heterocycles. The highest BCUT2D eigenvalue weighted by Crippen LogP contribution is 2.29. The van der Waals surface area contributed by atoms with Gasteiger partial charge in [0.05, 0.1) is 7.11 Å². The smallest absolute Gasteiger partial charge is 0.256 e. The van der Waals surface area contributed by atoms with Gasteiger partial charge >= 0.3 is 0 Å². The molecule has 1 heterocycles. The van der Waals surface area contributed by atoms with E-state index in [2.05, 4.69) is 26.2 Å². The molecule has 5 nitrogen and oxygen atoms in total. The first-order valence-corrected chi connectivity index (χ1v) is 10.5. The number of nitrogens with one attached hydrogen (secondary N) is 1. The Morgan fingerprint density at radius 3 is 2.55 bits per heavy atom. The van der Waals surface area contributed by atoms with Crippen LogP contribution < -0.4 is 10.1 Å². The van der Waals surface area contributed by atoms with Crippen LogP contribution in [0, 0.1) is 0 Å². The van der Waals surface area contributed by atoms with Gasteiger partial charge in [0.1, 0.15) is 11.3 Å². The predicted octanol–water partition coefficient (Wildman–Crippen LogP) is 6.67. The first-order chi connectivity index (χ1) is 15.1. The summed E-state index contributed by atoms with van der Waals surface area (Å²) in [4.78, 5) is 17.6. The lowest BCUT2D eigenvalue weighted by atomic mass is 10.0. The Hall–Kier alpha value is -3.64. The van der Waals surface area contributed by atoms with Crippen molar-refractivity contribution in [2.45, 2.75) is 0 Å². The van der Waals surface area contributed by atoms with Crippen molar-refractivity contribution >= 4 is 49.4 Å². The number of oxazole rings is 1. The van der Waals surface area contributed by atoms with Crippen LogP contribution in [0.3, 0.4) is 0 Å².